The molecule has 1 aromatic rings. The van der Waals surface area contributed by atoms with Crippen molar-refractivity contribution < 1.29 is 9.53 Å². The third kappa shape index (κ3) is 2.12. The molecule has 0 aliphatic carbocycles. The Balaban J connectivity index is 3.15. The number of hydrogen-bond acceptors (Lipinski definition) is 2. The van der Waals surface area contributed by atoms with Gasteiger partial charge >= 0.3 is 0 Å². The smallest absolute Gasteiger partial charge is 0.252 e. The molecule has 0 radical (unpaired) electrons. The summed E-state index contributed by atoms with van der Waals surface area (Å²) in [4.78, 5) is 11.3. The minimum absolute atomic E-state index is 0.0942. The van der Waals surface area contributed by atoms with Gasteiger partial charge < -0.3 is 10.1 Å². The molecule has 0 atom stereocenters. The maximum atomic E-state index is 11.3. The van der Waals surface area contributed by atoms with Gasteiger partial charge in [-0.25, -0.2) is 0 Å². The van der Waals surface area contributed by atoms with Crippen LogP contribution in [-0.4, -0.2) is 20.1 Å². The Morgan fingerprint density at radius 3 is 2.77 bits per heavy atom. The van der Waals surface area contributed by atoms with Crippen LogP contribution in [0.5, 0.6) is 5.75 Å². The maximum Gasteiger partial charge on any atom is 0.252 e. The molecule has 0 heterocycles. The highest BCUT2D eigenvalue weighted by Gasteiger charge is 2.10. The highest BCUT2D eigenvalue weighted by Crippen LogP contribution is 2.23. The molecule has 0 fully saturated rings. The number of methoxy groups -OCH3 is 1. The van der Waals surface area contributed by atoms with Crippen LogP contribution in [0.4, 0.5) is 0 Å². The largest absolute Gasteiger partial charge is 0.496 e. The predicted molar refractivity (Wildman–Crippen MR) is 59.1 cm³/mol. The van der Waals surface area contributed by atoms with Crippen LogP contribution in [0.2, 0.25) is 0 Å². The fourth-order valence-electron chi connectivity index (χ4n) is 0.978. The molecule has 0 aromatic heterocycles. The van der Waals surface area contributed by atoms with Gasteiger partial charge in [0.1, 0.15) is 5.75 Å². The van der Waals surface area contributed by atoms with E-state index in [1.54, 1.807) is 26.3 Å². The molecule has 1 amide bonds. The van der Waals surface area contributed by atoms with Gasteiger partial charge in [0.25, 0.3) is 5.91 Å². The van der Waals surface area contributed by atoms with E-state index in [9.17, 15) is 4.79 Å². The van der Waals surface area contributed by atoms with Crippen molar-refractivity contribution in [1.82, 2.24) is 5.32 Å². The molecule has 0 aliphatic rings. The van der Waals surface area contributed by atoms with Crippen LogP contribution in [0.1, 0.15) is 10.4 Å². The van der Waals surface area contributed by atoms with Crippen LogP contribution in [0.3, 0.4) is 0 Å². The number of amides is 1. The highest BCUT2D eigenvalue weighted by molar-refractivity contribution is 14.1. The summed E-state index contributed by atoms with van der Waals surface area (Å²) in [6.07, 6.45) is 0. The van der Waals surface area contributed by atoms with E-state index in [4.69, 9.17) is 4.74 Å². The van der Waals surface area contributed by atoms with E-state index >= 15 is 0 Å². The standard InChI is InChI=1S/C9H10INO2/c1-11-9(12)6-4-3-5-7(13-2)8(6)10/h3-5H,1-2H3,(H,11,12). The van der Waals surface area contributed by atoms with E-state index in [2.05, 4.69) is 27.9 Å². The number of halogens is 1. The highest BCUT2D eigenvalue weighted by atomic mass is 127. The lowest BCUT2D eigenvalue weighted by Gasteiger charge is -2.06. The molecule has 70 valence electrons. The van der Waals surface area contributed by atoms with Crippen molar-refractivity contribution in [2.45, 2.75) is 0 Å². The first kappa shape index (κ1) is 10.3. The van der Waals surface area contributed by atoms with Gasteiger partial charge in [-0.1, -0.05) is 6.07 Å². The molecule has 0 unspecified atom stereocenters. The lowest BCUT2D eigenvalue weighted by atomic mass is 10.2. The van der Waals surface area contributed by atoms with Crippen molar-refractivity contribution in [3.63, 3.8) is 0 Å². The van der Waals surface area contributed by atoms with Crippen molar-refractivity contribution in [3.8, 4) is 5.75 Å². The van der Waals surface area contributed by atoms with E-state index in [0.29, 0.717) is 5.56 Å². The van der Waals surface area contributed by atoms with Gasteiger partial charge in [0.15, 0.2) is 0 Å². The molecule has 0 bridgehead atoms. The van der Waals surface area contributed by atoms with E-state index in [1.165, 1.54) is 0 Å². The first-order valence-electron chi connectivity index (χ1n) is 3.75. The van der Waals surface area contributed by atoms with Gasteiger partial charge in [-0.3, -0.25) is 4.79 Å². The summed E-state index contributed by atoms with van der Waals surface area (Å²) in [6.45, 7) is 0. The van der Waals surface area contributed by atoms with Crippen molar-refractivity contribution in [1.29, 1.82) is 0 Å². The predicted octanol–water partition coefficient (Wildman–Crippen LogP) is 1.66. The molecule has 1 N–H and O–H groups in total. The first-order chi connectivity index (χ1) is 6.20. The molecular formula is C9H10INO2. The number of carbonyl (C=O) groups excluding carboxylic acids is 1. The molecule has 1 rings (SSSR count). The van der Waals surface area contributed by atoms with Crippen LogP contribution >= 0.6 is 22.6 Å². The number of hydrogen-bond donors (Lipinski definition) is 1. The summed E-state index contributed by atoms with van der Waals surface area (Å²) in [6, 6.07) is 5.39. The van der Waals surface area contributed by atoms with Crippen LogP contribution in [0.25, 0.3) is 0 Å². The summed E-state index contributed by atoms with van der Waals surface area (Å²) < 4.78 is 5.93. The van der Waals surface area contributed by atoms with Gasteiger partial charge in [0.2, 0.25) is 0 Å². The minimum atomic E-state index is -0.0942. The zero-order valence-electron chi connectivity index (χ0n) is 7.43. The number of rotatable bonds is 2. The summed E-state index contributed by atoms with van der Waals surface area (Å²) in [5.41, 5.74) is 0.641. The van der Waals surface area contributed by atoms with Crippen molar-refractivity contribution >= 4 is 28.5 Å². The Kier molecular flexibility index (Phi) is 3.53. The summed E-state index contributed by atoms with van der Waals surface area (Å²) in [5, 5.41) is 2.57. The normalized spacial score (nSPS) is 9.46. The third-order valence-corrected chi connectivity index (χ3v) is 2.77. The van der Waals surface area contributed by atoms with Crippen LogP contribution in [0.15, 0.2) is 18.2 Å². The van der Waals surface area contributed by atoms with Gasteiger partial charge in [-0.15, -0.1) is 0 Å². The van der Waals surface area contributed by atoms with E-state index in [0.717, 1.165) is 9.32 Å². The Morgan fingerprint density at radius 2 is 2.23 bits per heavy atom. The van der Waals surface area contributed by atoms with Gasteiger partial charge in [-0.05, 0) is 34.7 Å². The van der Waals surface area contributed by atoms with Crippen molar-refractivity contribution in [2.75, 3.05) is 14.2 Å². The van der Waals surface area contributed by atoms with Crippen molar-refractivity contribution in [3.05, 3.63) is 27.3 Å². The molecule has 0 aliphatic heterocycles. The summed E-state index contributed by atoms with van der Waals surface area (Å²) in [7, 11) is 3.20. The Bertz CT molecular complexity index is 325. The Hall–Kier alpha value is -0.780. The molecule has 4 heteroatoms. The second kappa shape index (κ2) is 4.45. The fourth-order valence-corrected chi connectivity index (χ4v) is 1.80. The second-order valence-corrected chi connectivity index (χ2v) is 3.48. The second-order valence-electron chi connectivity index (χ2n) is 2.40. The summed E-state index contributed by atoms with van der Waals surface area (Å²) in [5.74, 6) is 0.630. The number of carbonyl (C=O) groups is 1. The van der Waals surface area contributed by atoms with E-state index in [-0.39, 0.29) is 5.91 Å². The maximum absolute atomic E-state index is 11.3. The Labute approximate surface area is 90.6 Å². The SMILES string of the molecule is CNC(=O)c1cccc(OC)c1I. The van der Waals surface area contributed by atoms with E-state index in [1.807, 2.05) is 6.07 Å². The number of benzene rings is 1. The monoisotopic (exact) mass is 291 g/mol. The fraction of sp³-hybridized carbons (Fsp3) is 0.222. The zero-order valence-corrected chi connectivity index (χ0v) is 9.58. The molecular weight excluding hydrogens is 281 g/mol. The lowest BCUT2D eigenvalue weighted by Crippen LogP contribution is -2.19. The Morgan fingerprint density at radius 1 is 1.54 bits per heavy atom. The van der Waals surface area contributed by atoms with Gasteiger partial charge in [-0.2, -0.15) is 0 Å². The third-order valence-electron chi connectivity index (χ3n) is 1.65. The first-order valence-corrected chi connectivity index (χ1v) is 4.83. The zero-order chi connectivity index (χ0) is 9.84. The molecule has 0 saturated heterocycles. The van der Waals surface area contributed by atoms with Crippen molar-refractivity contribution in [2.24, 2.45) is 0 Å². The quantitative estimate of drug-likeness (QED) is 0.842. The van der Waals surface area contributed by atoms with Crippen LogP contribution < -0.4 is 10.1 Å². The molecule has 3 nitrogen and oxygen atoms in total. The van der Waals surface area contributed by atoms with Gasteiger partial charge in [0.05, 0.1) is 16.2 Å². The number of nitrogens with one attached hydrogen (secondary N) is 1. The van der Waals surface area contributed by atoms with Crippen LogP contribution in [0, 0.1) is 3.57 Å². The average molecular weight is 291 g/mol. The molecule has 13 heavy (non-hydrogen) atoms. The average Bonchev–Trinajstić information content (AvgIpc) is 2.17. The minimum Gasteiger partial charge on any atom is -0.496 e. The molecule has 0 spiro atoms. The topological polar surface area (TPSA) is 38.3 Å². The molecule has 1 aromatic carbocycles. The summed E-state index contributed by atoms with van der Waals surface area (Å²) >= 11 is 2.09. The van der Waals surface area contributed by atoms with Crippen LogP contribution in [-0.2, 0) is 0 Å². The lowest BCUT2D eigenvalue weighted by molar-refractivity contribution is 0.0962. The molecule has 0 saturated carbocycles. The number of ether oxygens (including phenoxy) is 1. The van der Waals surface area contributed by atoms with Gasteiger partial charge in [0, 0.05) is 7.05 Å². The van der Waals surface area contributed by atoms with E-state index < -0.39 is 0 Å².